The van der Waals surface area contributed by atoms with Gasteiger partial charge in [0, 0.05) is 28.5 Å². The Morgan fingerprint density at radius 2 is 1.69 bits per heavy atom. The molecule has 0 saturated carbocycles. The van der Waals surface area contributed by atoms with E-state index in [1.54, 1.807) is 12.3 Å². The molecule has 0 atom stereocenters. The van der Waals surface area contributed by atoms with Gasteiger partial charge in [-0.3, -0.25) is 0 Å². The van der Waals surface area contributed by atoms with Gasteiger partial charge in [-0.25, -0.2) is 4.79 Å². The van der Waals surface area contributed by atoms with E-state index in [9.17, 15) is 4.79 Å². The van der Waals surface area contributed by atoms with E-state index in [0.717, 1.165) is 39.5 Å². The second-order valence-corrected chi connectivity index (χ2v) is 6.50. The highest BCUT2D eigenvalue weighted by molar-refractivity contribution is 6.03. The first-order valence-corrected chi connectivity index (χ1v) is 8.70. The van der Waals surface area contributed by atoms with E-state index >= 15 is 0 Å². The fraction of sp³-hybridized carbons (Fsp3) is 0.0870. The van der Waals surface area contributed by atoms with E-state index in [2.05, 4.69) is 36.4 Å². The number of benzene rings is 3. The molecule has 0 aliphatic carbocycles. The number of rotatable bonds is 2. The van der Waals surface area contributed by atoms with Crippen molar-refractivity contribution in [1.29, 1.82) is 0 Å². The van der Waals surface area contributed by atoms with Crippen molar-refractivity contribution in [3.8, 4) is 11.1 Å². The van der Waals surface area contributed by atoms with Crippen LogP contribution in [0.15, 0.2) is 80.6 Å². The third-order valence-electron chi connectivity index (χ3n) is 4.97. The average molecular weight is 340 g/mol. The summed E-state index contributed by atoms with van der Waals surface area (Å²) < 4.78 is 11.1. The van der Waals surface area contributed by atoms with Crippen molar-refractivity contribution in [3.63, 3.8) is 0 Å². The van der Waals surface area contributed by atoms with Gasteiger partial charge in [-0.15, -0.1) is 0 Å². The molecule has 2 aromatic heterocycles. The fourth-order valence-electron chi connectivity index (χ4n) is 3.62. The summed E-state index contributed by atoms with van der Waals surface area (Å²) in [5.74, 6) is 0. The predicted molar refractivity (Wildman–Crippen MR) is 105 cm³/mol. The highest BCUT2D eigenvalue weighted by Crippen LogP contribution is 2.35. The maximum Gasteiger partial charge on any atom is 0.336 e. The average Bonchev–Trinajstić information content (AvgIpc) is 3.08. The first kappa shape index (κ1) is 15.0. The van der Waals surface area contributed by atoms with E-state index in [-0.39, 0.29) is 5.63 Å². The van der Waals surface area contributed by atoms with Gasteiger partial charge in [0.15, 0.2) is 0 Å². The standard InChI is InChI=1S/C23H16O3/c1-2-14-10-23(24)26-22-12-21-19(11-18(14)22)20(13-25-21)17-8-7-15-5-3-4-6-16(15)9-17/h3-13H,2H2,1H3. The maximum atomic E-state index is 11.8. The summed E-state index contributed by atoms with van der Waals surface area (Å²) in [6, 6.07) is 20.2. The van der Waals surface area contributed by atoms with Gasteiger partial charge >= 0.3 is 5.63 Å². The first-order chi connectivity index (χ1) is 12.7. The minimum atomic E-state index is -0.324. The van der Waals surface area contributed by atoms with Crippen molar-refractivity contribution >= 4 is 32.7 Å². The van der Waals surface area contributed by atoms with Gasteiger partial charge in [-0.1, -0.05) is 43.3 Å². The molecular formula is C23H16O3. The lowest BCUT2D eigenvalue weighted by Gasteiger charge is -2.05. The SMILES string of the molecule is CCc1cc(=O)oc2cc3occ(-c4ccc5ccccc5c4)c3cc12. The van der Waals surface area contributed by atoms with Crippen molar-refractivity contribution in [3.05, 3.63) is 82.9 Å². The molecule has 0 radical (unpaired) electrons. The molecule has 2 heterocycles. The Labute approximate surface area is 149 Å². The summed E-state index contributed by atoms with van der Waals surface area (Å²) in [5, 5.41) is 4.39. The van der Waals surface area contributed by atoms with Gasteiger partial charge in [0.05, 0.1) is 6.26 Å². The number of aryl methyl sites for hydroxylation is 1. The zero-order valence-corrected chi connectivity index (χ0v) is 14.3. The zero-order chi connectivity index (χ0) is 17.7. The first-order valence-electron chi connectivity index (χ1n) is 8.70. The van der Waals surface area contributed by atoms with E-state index in [0.29, 0.717) is 5.58 Å². The lowest BCUT2D eigenvalue weighted by atomic mass is 9.99. The third kappa shape index (κ3) is 2.25. The minimum Gasteiger partial charge on any atom is -0.464 e. The molecule has 26 heavy (non-hydrogen) atoms. The molecular weight excluding hydrogens is 324 g/mol. The second-order valence-electron chi connectivity index (χ2n) is 6.50. The number of furan rings is 1. The van der Waals surface area contributed by atoms with Gasteiger partial charge in [0.1, 0.15) is 11.2 Å². The Balaban J connectivity index is 1.80. The van der Waals surface area contributed by atoms with Crippen LogP contribution in [-0.4, -0.2) is 0 Å². The lowest BCUT2D eigenvalue weighted by molar-refractivity contribution is 0.557. The fourth-order valence-corrected chi connectivity index (χ4v) is 3.62. The van der Waals surface area contributed by atoms with E-state index < -0.39 is 0 Å². The lowest BCUT2D eigenvalue weighted by Crippen LogP contribution is -1.99. The summed E-state index contributed by atoms with van der Waals surface area (Å²) in [4.78, 5) is 11.8. The van der Waals surface area contributed by atoms with Crippen molar-refractivity contribution in [2.75, 3.05) is 0 Å². The molecule has 0 unspecified atom stereocenters. The molecule has 0 N–H and O–H groups in total. The monoisotopic (exact) mass is 340 g/mol. The highest BCUT2D eigenvalue weighted by Gasteiger charge is 2.13. The smallest absolute Gasteiger partial charge is 0.336 e. The second kappa shape index (κ2) is 5.60. The molecule has 0 amide bonds. The van der Waals surface area contributed by atoms with Crippen LogP contribution in [0.4, 0.5) is 0 Å². The molecule has 5 aromatic rings. The molecule has 0 saturated heterocycles. The molecule has 126 valence electrons. The molecule has 0 fully saturated rings. The van der Waals surface area contributed by atoms with Crippen molar-refractivity contribution < 1.29 is 8.83 Å². The van der Waals surface area contributed by atoms with Crippen molar-refractivity contribution in [2.45, 2.75) is 13.3 Å². The van der Waals surface area contributed by atoms with Crippen LogP contribution in [-0.2, 0) is 6.42 Å². The number of hydrogen-bond donors (Lipinski definition) is 0. The van der Waals surface area contributed by atoms with Crippen LogP contribution >= 0.6 is 0 Å². The number of hydrogen-bond acceptors (Lipinski definition) is 3. The van der Waals surface area contributed by atoms with E-state index in [1.165, 1.54) is 10.8 Å². The van der Waals surface area contributed by atoms with Crippen LogP contribution in [0.5, 0.6) is 0 Å². The van der Waals surface area contributed by atoms with Crippen LogP contribution in [0.25, 0.3) is 43.8 Å². The van der Waals surface area contributed by atoms with Crippen molar-refractivity contribution in [2.24, 2.45) is 0 Å². The largest absolute Gasteiger partial charge is 0.464 e. The minimum absolute atomic E-state index is 0.324. The van der Waals surface area contributed by atoms with Crippen LogP contribution in [0.1, 0.15) is 12.5 Å². The maximum absolute atomic E-state index is 11.8. The molecule has 3 heteroatoms. The predicted octanol–water partition coefficient (Wildman–Crippen LogP) is 5.92. The van der Waals surface area contributed by atoms with Gasteiger partial charge in [-0.2, -0.15) is 0 Å². The number of fused-ring (bicyclic) bond motifs is 3. The third-order valence-corrected chi connectivity index (χ3v) is 4.97. The Hall–Kier alpha value is -3.33. The van der Waals surface area contributed by atoms with E-state index in [1.807, 2.05) is 25.1 Å². The summed E-state index contributed by atoms with van der Waals surface area (Å²) in [6.07, 6.45) is 2.55. The molecule has 3 aromatic carbocycles. The summed E-state index contributed by atoms with van der Waals surface area (Å²) >= 11 is 0. The van der Waals surface area contributed by atoms with Crippen LogP contribution in [0.2, 0.25) is 0 Å². The summed E-state index contributed by atoms with van der Waals surface area (Å²) in [7, 11) is 0. The summed E-state index contributed by atoms with van der Waals surface area (Å²) in [6.45, 7) is 2.04. The van der Waals surface area contributed by atoms with Gasteiger partial charge in [0.2, 0.25) is 0 Å². The Morgan fingerprint density at radius 1 is 0.846 bits per heavy atom. The highest BCUT2D eigenvalue weighted by atomic mass is 16.4. The van der Waals surface area contributed by atoms with Crippen LogP contribution in [0, 0.1) is 0 Å². The summed E-state index contributed by atoms with van der Waals surface area (Å²) in [5.41, 5.74) is 4.11. The topological polar surface area (TPSA) is 43.4 Å². The molecule has 3 nitrogen and oxygen atoms in total. The van der Waals surface area contributed by atoms with Crippen molar-refractivity contribution in [1.82, 2.24) is 0 Å². The molecule has 5 rings (SSSR count). The molecule has 0 aliphatic heterocycles. The van der Waals surface area contributed by atoms with Crippen LogP contribution in [0.3, 0.4) is 0 Å². The van der Waals surface area contributed by atoms with Gasteiger partial charge in [0.25, 0.3) is 0 Å². The molecule has 0 aliphatic rings. The Bertz CT molecular complexity index is 1340. The normalized spacial score (nSPS) is 11.6. The van der Waals surface area contributed by atoms with Gasteiger partial charge in [-0.05, 0) is 40.5 Å². The Morgan fingerprint density at radius 3 is 2.54 bits per heavy atom. The van der Waals surface area contributed by atoms with Crippen LogP contribution < -0.4 is 5.63 Å². The zero-order valence-electron chi connectivity index (χ0n) is 14.3. The molecule has 0 bridgehead atoms. The Kier molecular flexibility index (Phi) is 3.22. The van der Waals surface area contributed by atoms with E-state index in [4.69, 9.17) is 8.83 Å². The molecule has 0 spiro atoms. The quantitative estimate of drug-likeness (QED) is 0.375. The van der Waals surface area contributed by atoms with Gasteiger partial charge < -0.3 is 8.83 Å².